The number of nitrogens with one attached hydrogen (secondary N) is 1. The highest BCUT2D eigenvalue weighted by Gasteiger charge is 2.35. The van der Waals surface area contributed by atoms with E-state index in [1.165, 1.54) is 6.07 Å². The number of nitrogens with zero attached hydrogens (tertiary/aromatic N) is 2. The molecule has 22 heavy (non-hydrogen) atoms. The molecule has 1 saturated heterocycles. The Morgan fingerprint density at radius 1 is 1.41 bits per heavy atom. The highest BCUT2D eigenvalue weighted by Crippen LogP contribution is 2.33. The van der Waals surface area contributed by atoms with Crippen molar-refractivity contribution in [2.75, 3.05) is 25.5 Å². The second-order valence-corrected chi connectivity index (χ2v) is 6.37. The van der Waals surface area contributed by atoms with Crippen molar-refractivity contribution < 1.29 is 14.5 Å². The molecule has 0 aliphatic carbocycles. The van der Waals surface area contributed by atoms with Crippen molar-refractivity contribution in [1.29, 1.82) is 0 Å². The van der Waals surface area contributed by atoms with Crippen LogP contribution in [0.3, 0.4) is 0 Å². The number of benzene rings is 1. The van der Waals surface area contributed by atoms with Crippen LogP contribution in [0, 0.1) is 10.1 Å². The normalized spacial score (nSPS) is 15.2. The molecule has 0 radical (unpaired) electrons. The topological polar surface area (TPSA) is 84.7 Å². The highest BCUT2D eigenvalue weighted by molar-refractivity contribution is 5.70. The van der Waals surface area contributed by atoms with Crippen LogP contribution in [0.5, 0.6) is 0 Å². The lowest BCUT2D eigenvalue weighted by molar-refractivity contribution is -0.384. The molecule has 1 fully saturated rings. The van der Waals surface area contributed by atoms with Gasteiger partial charge in [-0.25, -0.2) is 4.79 Å². The standard InChI is InChI=1S/C15H21N3O4/c1-15(2,3)22-14(19)17-8-11(9-17)10-5-6-13(18(20)21)12(7-10)16-4/h5-7,11,16H,8-9H2,1-4H3. The fraction of sp³-hybridized carbons (Fsp3) is 0.533. The Labute approximate surface area is 129 Å². The quantitative estimate of drug-likeness (QED) is 0.685. The molecule has 2 rings (SSSR count). The van der Waals surface area contributed by atoms with Gasteiger partial charge in [0, 0.05) is 32.1 Å². The van der Waals surface area contributed by atoms with E-state index in [1.807, 2.05) is 20.8 Å². The number of anilines is 1. The Kier molecular flexibility index (Phi) is 4.25. The van der Waals surface area contributed by atoms with E-state index < -0.39 is 10.5 Å². The molecule has 7 nitrogen and oxygen atoms in total. The van der Waals surface area contributed by atoms with Crippen LogP contribution in [-0.4, -0.2) is 41.7 Å². The molecule has 0 spiro atoms. The summed E-state index contributed by atoms with van der Waals surface area (Å²) in [5, 5.41) is 13.8. The summed E-state index contributed by atoms with van der Waals surface area (Å²) in [7, 11) is 1.65. The molecule has 1 aromatic rings. The first-order valence-corrected chi connectivity index (χ1v) is 7.15. The van der Waals surface area contributed by atoms with Gasteiger partial charge in [-0.15, -0.1) is 0 Å². The van der Waals surface area contributed by atoms with Gasteiger partial charge >= 0.3 is 6.09 Å². The first-order chi connectivity index (χ1) is 10.2. The fourth-order valence-electron chi connectivity index (χ4n) is 2.33. The molecule has 1 aromatic carbocycles. The van der Waals surface area contributed by atoms with Crippen LogP contribution in [0.1, 0.15) is 32.3 Å². The zero-order valence-corrected chi connectivity index (χ0v) is 13.3. The maximum atomic E-state index is 11.9. The molecular weight excluding hydrogens is 286 g/mol. The molecule has 120 valence electrons. The lowest BCUT2D eigenvalue weighted by atomic mass is 9.91. The maximum absolute atomic E-state index is 11.9. The van der Waals surface area contributed by atoms with Crippen molar-refractivity contribution in [1.82, 2.24) is 4.90 Å². The van der Waals surface area contributed by atoms with Gasteiger partial charge in [-0.3, -0.25) is 10.1 Å². The third-order valence-corrected chi connectivity index (χ3v) is 3.49. The number of carbonyl (C=O) groups is 1. The predicted molar refractivity (Wildman–Crippen MR) is 83.2 cm³/mol. The number of amides is 1. The zero-order chi connectivity index (χ0) is 16.5. The molecule has 7 heteroatoms. The molecule has 1 aliphatic heterocycles. The van der Waals surface area contributed by atoms with Crippen molar-refractivity contribution in [2.45, 2.75) is 32.3 Å². The molecule has 1 amide bonds. The zero-order valence-electron chi connectivity index (χ0n) is 13.3. The van der Waals surface area contributed by atoms with Crippen LogP contribution in [0.15, 0.2) is 18.2 Å². The molecule has 1 N–H and O–H groups in total. The number of ether oxygens (including phenoxy) is 1. The van der Waals surface area contributed by atoms with Crippen LogP contribution < -0.4 is 5.32 Å². The maximum Gasteiger partial charge on any atom is 0.410 e. The molecule has 0 saturated carbocycles. The number of hydrogen-bond acceptors (Lipinski definition) is 5. The van der Waals surface area contributed by atoms with E-state index in [1.54, 1.807) is 24.1 Å². The van der Waals surface area contributed by atoms with Gasteiger partial charge in [0.25, 0.3) is 5.69 Å². The molecular formula is C15H21N3O4. The van der Waals surface area contributed by atoms with Crippen molar-refractivity contribution >= 4 is 17.5 Å². The SMILES string of the molecule is CNc1cc(C2CN(C(=O)OC(C)(C)C)C2)ccc1[N+](=O)[O-]. The number of carbonyl (C=O) groups excluding carboxylic acids is 1. The molecule has 0 unspecified atom stereocenters. The van der Waals surface area contributed by atoms with E-state index in [2.05, 4.69) is 5.32 Å². The van der Waals surface area contributed by atoms with Crippen LogP contribution in [0.4, 0.5) is 16.2 Å². The van der Waals surface area contributed by atoms with Crippen molar-refractivity contribution in [2.24, 2.45) is 0 Å². The van der Waals surface area contributed by atoms with Crippen molar-refractivity contribution in [3.05, 3.63) is 33.9 Å². The van der Waals surface area contributed by atoms with E-state index in [-0.39, 0.29) is 17.7 Å². The van der Waals surface area contributed by atoms with E-state index in [0.29, 0.717) is 18.8 Å². The summed E-state index contributed by atoms with van der Waals surface area (Å²) in [5.41, 5.74) is 1.01. The van der Waals surface area contributed by atoms with Crippen molar-refractivity contribution in [3.8, 4) is 0 Å². The Hall–Kier alpha value is -2.31. The van der Waals surface area contributed by atoms with E-state index >= 15 is 0 Å². The van der Waals surface area contributed by atoms with Crippen LogP contribution in [-0.2, 0) is 4.74 Å². The third-order valence-electron chi connectivity index (χ3n) is 3.49. The second kappa shape index (κ2) is 5.82. The summed E-state index contributed by atoms with van der Waals surface area (Å²) in [6.45, 7) is 6.62. The van der Waals surface area contributed by atoms with Gasteiger partial charge in [0.2, 0.25) is 0 Å². The van der Waals surface area contributed by atoms with E-state index in [9.17, 15) is 14.9 Å². The molecule has 0 atom stereocenters. The second-order valence-electron chi connectivity index (χ2n) is 6.37. The summed E-state index contributed by atoms with van der Waals surface area (Å²) in [6, 6.07) is 5.02. The average molecular weight is 307 g/mol. The number of nitro groups is 1. The lowest BCUT2D eigenvalue weighted by Crippen LogP contribution is -2.50. The van der Waals surface area contributed by atoms with Gasteiger partial charge in [-0.2, -0.15) is 0 Å². The van der Waals surface area contributed by atoms with Gasteiger partial charge < -0.3 is 15.0 Å². The van der Waals surface area contributed by atoms with Crippen LogP contribution in [0.2, 0.25) is 0 Å². The largest absolute Gasteiger partial charge is 0.444 e. The Bertz CT molecular complexity index is 589. The van der Waals surface area contributed by atoms with Gasteiger partial charge in [-0.1, -0.05) is 6.07 Å². The Balaban J connectivity index is 2.02. The molecule has 1 heterocycles. The van der Waals surface area contributed by atoms with Crippen LogP contribution in [0.25, 0.3) is 0 Å². The monoisotopic (exact) mass is 307 g/mol. The Morgan fingerprint density at radius 3 is 2.55 bits per heavy atom. The van der Waals surface area contributed by atoms with Gasteiger partial charge in [-0.05, 0) is 32.4 Å². The molecule has 0 aromatic heterocycles. The number of rotatable bonds is 3. The Morgan fingerprint density at radius 2 is 2.05 bits per heavy atom. The smallest absolute Gasteiger partial charge is 0.410 e. The van der Waals surface area contributed by atoms with Gasteiger partial charge in [0.05, 0.1) is 4.92 Å². The van der Waals surface area contributed by atoms with E-state index in [0.717, 1.165) is 5.56 Å². The summed E-state index contributed by atoms with van der Waals surface area (Å²) in [6.07, 6.45) is -0.320. The summed E-state index contributed by atoms with van der Waals surface area (Å²) < 4.78 is 5.31. The average Bonchev–Trinajstić information content (AvgIpc) is 2.34. The first kappa shape index (κ1) is 16.1. The number of hydrogen-bond donors (Lipinski definition) is 1. The lowest BCUT2D eigenvalue weighted by Gasteiger charge is -2.40. The van der Waals surface area contributed by atoms with Gasteiger partial charge in [0.1, 0.15) is 11.3 Å². The minimum atomic E-state index is -0.505. The predicted octanol–water partition coefficient (Wildman–Crippen LogP) is 2.97. The minimum Gasteiger partial charge on any atom is -0.444 e. The number of nitro benzene ring substituents is 1. The van der Waals surface area contributed by atoms with Gasteiger partial charge in [0.15, 0.2) is 0 Å². The molecule has 0 bridgehead atoms. The van der Waals surface area contributed by atoms with Crippen molar-refractivity contribution in [3.63, 3.8) is 0 Å². The third kappa shape index (κ3) is 3.47. The minimum absolute atomic E-state index is 0.0505. The summed E-state index contributed by atoms with van der Waals surface area (Å²) in [5.74, 6) is 0.181. The van der Waals surface area contributed by atoms with Crippen LogP contribution >= 0.6 is 0 Å². The first-order valence-electron chi connectivity index (χ1n) is 7.15. The summed E-state index contributed by atoms with van der Waals surface area (Å²) in [4.78, 5) is 24.0. The highest BCUT2D eigenvalue weighted by atomic mass is 16.6. The summed E-state index contributed by atoms with van der Waals surface area (Å²) >= 11 is 0. The number of likely N-dealkylation sites (tertiary alicyclic amines) is 1. The van der Waals surface area contributed by atoms with E-state index in [4.69, 9.17) is 4.74 Å². The fourth-order valence-corrected chi connectivity index (χ4v) is 2.33. The molecule has 1 aliphatic rings.